The van der Waals surface area contributed by atoms with E-state index >= 15 is 0 Å². The summed E-state index contributed by atoms with van der Waals surface area (Å²) >= 11 is 0. The third-order valence-electron chi connectivity index (χ3n) is 3.34. The molecule has 0 fully saturated rings. The zero-order chi connectivity index (χ0) is 15.3. The number of phenols is 1. The molecule has 1 aromatic rings. The fourth-order valence-corrected chi connectivity index (χ4v) is 2.09. The lowest BCUT2D eigenvalue weighted by Gasteiger charge is -2.23. The Labute approximate surface area is 120 Å². The van der Waals surface area contributed by atoms with Gasteiger partial charge in [0.2, 0.25) is 0 Å². The Morgan fingerprint density at radius 1 is 1.15 bits per heavy atom. The van der Waals surface area contributed by atoms with Crippen molar-refractivity contribution in [1.82, 2.24) is 0 Å². The van der Waals surface area contributed by atoms with Gasteiger partial charge in [0, 0.05) is 12.1 Å². The summed E-state index contributed by atoms with van der Waals surface area (Å²) in [6.07, 6.45) is 0.715. The Morgan fingerprint density at radius 3 is 2.30 bits per heavy atom. The van der Waals surface area contributed by atoms with Crippen LogP contribution in [0.1, 0.15) is 38.3 Å². The van der Waals surface area contributed by atoms with Crippen LogP contribution in [-0.2, 0) is 0 Å². The molecule has 0 aromatic heterocycles. The van der Waals surface area contributed by atoms with Crippen LogP contribution in [0.25, 0.3) is 0 Å². The van der Waals surface area contributed by atoms with Gasteiger partial charge in [0.15, 0.2) is 0 Å². The van der Waals surface area contributed by atoms with Crippen LogP contribution in [0.5, 0.6) is 17.2 Å². The number of rotatable bonds is 7. The van der Waals surface area contributed by atoms with Gasteiger partial charge in [0.1, 0.15) is 17.2 Å². The standard InChI is InChI=1S/C15H25NO4/c1-9(2)5-6-11(17)15(16)14-12(18)7-10(19-3)8-13(14)20-4/h7-9,11,15,17-18H,5-6,16H2,1-4H3/t11-,15-/m0/s1. The molecule has 0 bridgehead atoms. The lowest BCUT2D eigenvalue weighted by atomic mass is 9.94. The first kappa shape index (κ1) is 16.6. The minimum Gasteiger partial charge on any atom is -0.507 e. The Balaban J connectivity index is 2.99. The Kier molecular flexibility index (Phi) is 6.10. The minimum atomic E-state index is -0.731. The first-order valence-electron chi connectivity index (χ1n) is 6.79. The van der Waals surface area contributed by atoms with Crippen molar-refractivity contribution in [2.75, 3.05) is 14.2 Å². The highest BCUT2D eigenvalue weighted by molar-refractivity contribution is 5.51. The van der Waals surface area contributed by atoms with E-state index in [2.05, 4.69) is 13.8 Å². The molecule has 0 aliphatic carbocycles. The molecule has 0 saturated carbocycles. The van der Waals surface area contributed by atoms with Crippen LogP contribution in [0.15, 0.2) is 12.1 Å². The highest BCUT2D eigenvalue weighted by Gasteiger charge is 2.24. The van der Waals surface area contributed by atoms with Crippen molar-refractivity contribution in [3.63, 3.8) is 0 Å². The van der Waals surface area contributed by atoms with Gasteiger partial charge >= 0.3 is 0 Å². The molecule has 2 atom stereocenters. The molecule has 4 N–H and O–H groups in total. The molecule has 0 saturated heterocycles. The number of hydrogen-bond donors (Lipinski definition) is 3. The van der Waals surface area contributed by atoms with Gasteiger partial charge in [-0.1, -0.05) is 13.8 Å². The summed E-state index contributed by atoms with van der Waals surface area (Å²) in [5.41, 5.74) is 6.47. The van der Waals surface area contributed by atoms with Gasteiger partial charge in [-0.15, -0.1) is 0 Å². The largest absolute Gasteiger partial charge is 0.507 e. The molecular formula is C15H25NO4. The number of methoxy groups -OCH3 is 2. The Hall–Kier alpha value is -1.46. The average molecular weight is 283 g/mol. The lowest BCUT2D eigenvalue weighted by molar-refractivity contribution is 0.126. The summed E-state index contributed by atoms with van der Waals surface area (Å²) in [4.78, 5) is 0. The zero-order valence-corrected chi connectivity index (χ0v) is 12.6. The van der Waals surface area contributed by atoms with Crippen LogP contribution in [0, 0.1) is 5.92 Å². The van der Waals surface area contributed by atoms with E-state index in [-0.39, 0.29) is 5.75 Å². The molecule has 1 aromatic carbocycles. The molecule has 0 spiro atoms. The summed E-state index contributed by atoms with van der Waals surface area (Å²) in [6.45, 7) is 4.17. The predicted molar refractivity (Wildman–Crippen MR) is 78.2 cm³/mol. The van der Waals surface area contributed by atoms with E-state index in [9.17, 15) is 10.2 Å². The highest BCUT2D eigenvalue weighted by Crippen LogP contribution is 2.38. The van der Waals surface area contributed by atoms with Crippen LogP contribution in [0.3, 0.4) is 0 Å². The van der Waals surface area contributed by atoms with E-state index in [0.29, 0.717) is 29.4 Å². The number of aliphatic hydroxyl groups is 1. The smallest absolute Gasteiger partial charge is 0.131 e. The third-order valence-corrected chi connectivity index (χ3v) is 3.34. The normalized spacial score (nSPS) is 14.2. The van der Waals surface area contributed by atoms with Crippen LogP contribution < -0.4 is 15.2 Å². The second kappa shape index (κ2) is 7.36. The number of ether oxygens (including phenoxy) is 2. The average Bonchev–Trinajstić information content (AvgIpc) is 2.42. The summed E-state index contributed by atoms with van der Waals surface area (Å²) in [7, 11) is 3.00. The maximum absolute atomic E-state index is 10.2. The summed E-state index contributed by atoms with van der Waals surface area (Å²) in [5, 5.41) is 20.2. The van der Waals surface area contributed by atoms with Crippen molar-refractivity contribution in [3.8, 4) is 17.2 Å². The van der Waals surface area contributed by atoms with E-state index in [0.717, 1.165) is 6.42 Å². The summed E-state index contributed by atoms with van der Waals surface area (Å²) in [5.74, 6) is 1.35. The fraction of sp³-hybridized carbons (Fsp3) is 0.600. The van der Waals surface area contributed by atoms with E-state index in [1.165, 1.54) is 20.3 Å². The number of phenolic OH excluding ortho intramolecular Hbond substituents is 1. The molecule has 0 aliphatic heterocycles. The quantitative estimate of drug-likeness (QED) is 0.714. The molecule has 0 aliphatic rings. The minimum absolute atomic E-state index is 0.0303. The van der Waals surface area contributed by atoms with Crippen molar-refractivity contribution in [2.24, 2.45) is 11.7 Å². The van der Waals surface area contributed by atoms with E-state index in [4.69, 9.17) is 15.2 Å². The zero-order valence-electron chi connectivity index (χ0n) is 12.6. The van der Waals surface area contributed by atoms with E-state index in [1.807, 2.05) is 0 Å². The summed E-state index contributed by atoms with van der Waals surface area (Å²) < 4.78 is 10.3. The number of aromatic hydroxyl groups is 1. The Morgan fingerprint density at radius 2 is 1.80 bits per heavy atom. The van der Waals surface area contributed by atoms with Crippen LogP contribution >= 0.6 is 0 Å². The molecule has 20 heavy (non-hydrogen) atoms. The molecule has 0 heterocycles. The van der Waals surface area contributed by atoms with E-state index in [1.54, 1.807) is 6.07 Å². The van der Waals surface area contributed by atoms with Crippen molar-refractivity contribution < 1.29 is 19.7 Å². The van der Waals surface area contributed by atoms with Crippen LogP contribution in [0.4, 0.5) is 0 Å². The molecular weight excluding hydrogens is 258 g/mol. The van der Waals surface area contributed by atoms with Gasteiger partial charge < -0.3 is 25.4 Å². The van der Waals surface area contributed by atoms with Crippen molar-refractivity contribution in [2.45, 2.75) is 38.8 Å². The maximum atomic E-state index is 10.2. The highest BCUT2D eigenvalue weighted by atomic mass is 16.5. The van der Waals surface area contributed by atoms with Gasteiger partial charge in [0.05, 0.1) is 31.9 Å². The molecule has 0 radical (unpaired) electrons. The van der Waals surface area contributed by atoms with Crippen molar-refractivity contribution >= 4 is 0 Å². The second-order valence-corrected chi connectivity index (χ2v) is 5.33. The first-order valence-corrected chi connectivity index (χ1v) is 6.79. The third kappa shape index (κ3) is 4.02. The number of benzene rings is 1. The molecule has 5 nitrogen and oxygen atoms in total. The maximum Gasteiger partial charge on any atom is 0.131 e. The van der Waals surface area contributed by atoms with Gasteiger partial charge in [-0.2, -0.15) is 0 Å². The molecule has 1 rings (SSSR count). The number of aliphatic hydroxyl groups excluding tert-OH is 1. The summed E-state index contributed by atoms with van der Waals surface area (Å²) in [6, 6.07) is 2.41. The SMILES string of the molecule is COc1cc(O)c([C@@H](N)[C@@H](O)CCC(C)C)c(OC)c1. The topological polar surface area (TPSA) is 84.9 Å². The monoisotopic (exact) mass is 283 g/mol. The van der Waals surface area contributed by atoms with Gasteiger partial charge in [-0.05, 0) is 18.8 Å². The van der Waals surface area contributed by atoms with Gasteiger partial charge in [0.25, 0.3) is 0 Å². The molecule has 0 unspecified atom stereocenters. The lowest BCUT2D eigenvalue weighted by Crippen LogP contribution is -2.27. The molecule has 0 amide bonds. The first-order chi connectivity index (χ1) is 9.40. The van der Waals surface area contributed by atoms with Gasteiger partial charge in [-0.25, -0.2) is 0 Å². The molecule has 114 valence electrons. The molecule has 5 heteroatoms. The van der Waals surface area contributed by atoms with Crippen LogP contribution in [0.2, 0.25) is 0 Å². The predicted octanol–water partition coefficient (Wildman–Crippen LogP) is 2.21. The van der Waals surface area contributed by atoms with Crippen molar-refractivity contribution in [1.29, 1.82) is 0 Å². The van der Waals surface area contributed by atoms with Crippen molar-refractivity contribution in [3.05, 3.63) is 17.7 Å². The number of nitrogens with two attached hydrogens (primary N) is 1. The number of hydrogen-bond acceptors (Lipinski definition) is 5. The second-order valence-electron chi connectivity index (χ2n) is 5.33. The fourth-order valence-electron chi connectivity index (χ4n) is 2.09. The van der Waals surface area contributed by atoms with E-state index < -0.39 is 12.1 Å². The van der Waals surface area contributed by atoms with Gasteiger partial charge in [-0.3, -0.25) is 0 Å². The van der Waals surface area contributed by atoms with Crippen LogP contribution in [-0.4, -0.2) is 30.5 Å². The Bertz CT molecular complexity index is 434.